The molecule has 0 unspecified atom stereocenters. The van der Waals surface area contributed by atoms with E-state index in [0.717, 1.165) is 29.6 Å². The van der Waals surface area contributed by atoms with Crippen molar-refractivity contribution in [2.75, 3.05) is 5.32 Å². The Morgan fingerprint density at radius 3 is 2.63 bits per heavy atom. The first kappa shape index (κ1) is 13.3. The van der Waals surface area contributed by atoms with E-state index < -0.39 is 4.92 Å². The Hall–Kier alpha value is -2.17. The van der Waals surface area contributed by atoms with Gasteiger partial charge in [0, 0.05) is 23.6 Å². The molecule has 2 aromatic rings. The lowest BCUT2D eigenvalue weighted by atomic mass is 10.1. The molecule has 1 N–H and O–H groups in total. The van der Waals surface area contributed by atoms with Crippen molar-refractivity contribution < 1.29 is 4.92 Å². The van der Waals surface area contributed by atoms with Gasteiger partial charge in [-0.25, -0.2) is 4.98 Å². The average Bonchev–Trinajstić information content (AvgIpc) is 2.43. The van der Waals surface area contributed by atoms with Gasteiger partial charge in [-0.05, 0) is 31.0 Å². The van der Waals surface area contributed by atoms with Gasteiger partial charge in [0.1, 0.15) is 5.82 Å². The summed E-state index contributed by atoms with van der Waals surface area (Å²) in [5, 5.41) is 14.9. The van der Waals surface area contributed by atoms with Gasteiger partial charge in [0.05, 0.1) is 10.4 Å². The number of nitro groups is 1. The maximum atomic E-state index is 10.7. The minimum absolute atomic E-state index is 0.0926. The van der Waals surface area contributed by atoms with Crippen molar-refractivity contribution in [2.45, 2.75) is 32.7 Å². The monoisotopic (exact) mass is 259 g/mol. The van der Waals surface area contributed by atoms with E-state index in [9.17, 15) is 10.1 Å². The smallest absolute Gasteiger partial charge is 0.270 e. The summed E-state index contributed by atoms with van der Waals surface area (Å²) in [6.07, 6.45) is 2.08. The largest absolute Gasteiger partial charge is 0.367 e. The van der Waals surface area contributed by atoms with Crippen LogP contribution in [0.2, 0.25) is 0 Å². The molecule has 0 fully saturated rings. The standard InChI is InChI=1S/C14H17N3O2/c1-3-11(4-2)15-14-8-5-10-9-12(17(18)19)6-7-13(10)16-14/h5-9,11H,3-4H2,1-2H3,(H,15,16). The van der Waals surface area contributed by atoms with E-state index in [1.807, 2.05) is 12.1 Å². The normalized spacial score (nSPS) is 10.9. The van der Waals surface area contributed by atoms with Gasteiger partial charge in [0.15, 0.2) is 0 Å². The topological polar surface area (TPSA) is 68.1 Å². The fourth-order valence-corrected chi connectivity index (χ4v) is 2.01. The molecule has 5 nitrogen and oxygen atoms in total. The van der Waals surface area contributed by atoms with E-state index in [1.165, 1.54) is 6.07 Å². The first-order valence-corrected chi connectivity index (χ1v) is 6.45. The molecule has 0 aliphatic heterocycles. The van der Waals surface area contributed by atoms with Crippen LogP contribution in [-0.4, -0.2) is 15.9 Å². The Kier molecular flexibility index (Phi) is 3.94. The van der Waals surface area contributed by atoms with Crippen LogP contribution < -0.4 is 5.32 Å². The number of pyridine rings is 1. The zero-order valence-electron chi connectivity index (χ0n) is 11.1. The van der Waals surface area contributed by atoms with Crippen LogP contribution in [0.25, 0.3) is 10.9 Å². The maximum absolute atomic E-state index is 10.7. The number of hydrogen-bond acceptors (Lipinski definition) is 4. The molecule has 1 aromatic carbocycles. The number of hydrogen-bond donors (Lipinski definition) is 1. The van der Waals surface area contributed by atoms with E-state index in [2.05, 4.69) is 24.1 Å². The second kappa shape index (κ2) is 5.65. The molecule has 0 spiro atoms. The van der Waals surface area contributed by atoms with Gasteiger partial charge in [-0.1, -0.05) is 13.8 Å². The molecule has 0 radical (unpaired) electrons. The number of nitrogens with zero attached hydrogens (tertiary/aromatic N) is 2. The molecule has 0 aliphatic carbocycles. The molecule has 19 heavy (non-hydrogen) atoms. The lowest BCUT2D eigenvalue weighted by Gasteiger charge is -2.15. The van der Waals surface area contributed by atoms with Crippen LogP contribution in [0.4, 0.5) is 11.5 Å². The predicted molar refractivity (Wildman–Crippen MR) is 76.4 cm³/mol. The second-order valence-electron chi connectivity index (χ2n) is 4.49. The molecular formula is C14H17N3O2. The number of aromatic nitrogens is 1. The van der Waals surface area contributed by atoms with Gasteiger partial charge in [0.2, 0.25) is 0 Å². The molecular weight excluding hydrogens is 242 g/mol. The van der Waals surface area contributed by atoms with Gasteiger partial charge in [0.25, 0.3) is 5.69 Å². The Bertz CT molecular complexity index is 594. The van der Waals surface area contributed by atoms with Crippen molar-refractivity contribution >= 4 is 22.4 Å². The van der Waals surface area contributed by atoms with Crippen molar-refractivity contribution in [3.63, 3.8) is 0 Å². The quantitative estimate of drug-likeness (QED) is 0.656. The fraction of sp³-hybridized carbons (Fsp3) is 0.357. The van der Waals surface area contributed by atoms with E-state index in [1.54, 1.807) is 12.1 Å². The Labute approximate surface area is 111 Å². The van der Waals surface area contributed by atoms with Gasteiger partial charge < -0.3 is 5.32 Å². The van der Waals surface area contributed by atoms with Gasteiger partial charge in [-0.15, -0.1) is 0 Å². The van der Waals surface area contributed by atoms with Crippen molar-refractivity contribution in [3.05, 3.63) is 40.4 Å². The van der Waals surface area contributed by atoms with Crippen LogP contribution in [0.3, 0.4) is 0 Å². The Morgan fingerprint density at radius 2 is 2.00 bits per heavy atom. The summed E-state index contributed by atoms with van der Waals surface area (Å²) in [4.78, 5) is 14.8. The lowest BCUT2D eigenvalue weighted by molar-refractivity contribution is -0.384. The summed E-state index contributed by atoms with van der Waals surface area (Å²) in [6.45, 7) is 4.26. The summed E-state index contributed by atoms with van der Waals surface area (Å²) < 4.78 is 0. The highest BCUT2D eigenvalue weighted by Crippen LogP contribution is 2.21. The third-order valence-electron chi connectivity index (χ3n) is 3.22. The third kappa shape index (κ3) is 2.99. The lowest BCUT2D eigenvalue weighted by Crippen LogP contribution is -2.17. The number of anilines is 1. The number of nitro benzene ring substituents is 1. The third-order valence-corrected chi connectivity index (χ3v) is 3.22. The highest BCUT2D eigenvalue weighted by Gasteiger charge is 2.08. The number of non-ortho nitro benzene ring substituents is 1. The minimum atomic E-state index is -0.393. The van der Waals surface area contributed by atoms with Crippen LogP contribution in [-0.2, 0) is 0 Å². The minimum Gasteiger partial charge on any atom is -0.367 e. The van der Waals surface area contributed by atoms with E-state index in [0.29, 0.717) is 6.04 Å². The van der Waals surface area contributed by atoms with Gasteiger partial charge >= 0.3 is 0 Å². The number of benzene rings is 1. The molecule has 2 rings (SSSR count). The van der Waals surface area contributed by atoms with Crippen molar-refractivity contribution in [1.82, 2.24) is 4.98 Å². The molecule has 1 aromatic heterocycles. The van der Waals surface area contributed by atoms with Crippen molar-refractivity contribution in [1.29, 1.82) is 0 Å². The van der Waals surface area contributed by atoms with Crippen LogP contribution in [0.5, 0.6) is 0 Å². The van der Waals surface area contributed by atoms with Crippen LogP contribution in [0.15, 0.2) is 30.3 Å². The molecule has 0 amide bonds. The van der Waals surface area contributed by atoms with Crippen LogP contribution >= 0.6 is 0 Å². The molecule has 100 valence electrons. The van der Waals surface area contributed by atoms with Gasteiger partial charge in [-0.3, -0.25) is 10.1 Å². The Balaban J connectivity index is 2.31. The molecule has 0 saturated carbocycles. The first-order chi connectivity index (χ1) is 9.13. The number of nitrogens with one attached hydrogen (secondary N) is 1. The van der Waals surface area contributed by atoms with Gasteiger partial charge in [-0.2, -0.15) is 0 Å². The Morgan fingerprint density at radius 1 is 1.26 bits per heavy atom. The first-order valence-electron chi connectivity index (χ1n) is 6.45. The summed E-state index contributed by atoms with van der Waals surface area (Å²) in [7, 11) is 0. The molecule has 0 bridgehead atoms. The summed E-state index contributed by atoms with van der Waals surface area (Å²) in [5.41, 5.74) is 0.858. The number of fused-ring (bicyclic) bond motifs is 1. The average molecular weight is 259 g/mol. The number of rotatable bonds is 5. The zero-order chi connectivity index (χ0) is 13.8. The fourth-order valence-electron chi connectivity index (χ4n) is 2.01. The maximum Gasteiger partial charge on any atom is 0.270 e. The molecule has 0 saturated heterocycles. The van der Waals surface area contributed by atoms with E-state index in [-0.39, 0.29) is 5.69 Å². The highest BCUT2D eigenvalue weighted by atomic mass is 16.6. The van der Waals surface area contributed by atoms with E-state index in [4.69, 9.17) is 0 Å². The predicted octanol–water partition coefficient (Wildman–Crippen LogP) is 3.74. The molecule has 5 heteroatoms. The molecule has 0 atom stereocenters. The van der Waals surface area contributed by atoms with Crippen LogP contribution in [0, 0.1) is 10.1 Å². The summed E-state index contributed by atoms with van der Waals surface area (Å²) >= 11 is 0. The highest BCUT2D eigenvalue weighted by molar-refractivity contribution is 5.82. The summed E-state index contributed by atoms with van der Waals surface area (Å²) in [5.74, 6) is 0.815. The zero-order valence-corrected chi connectivity index (χ0v) is 11.1. The van der Waals surface area contributed by atoms with Crippen molar-refractivity contribution in [2.24, 2.45) is 0 Å². The van der Waals surface area contributed by atoms with Crippen LogP contribution in [0.1, 0.15) is 26.7 Å². The van der Waals surface area contributed by atoms with E-state index >= 15 is 0 Å². The summed E-state index contributed by atoms with van der Waals surface area (Å²) in [6, 6.07) is 8.85. The molecule has 0 aliphatic rings. The SMILES string of the molecule is CCC(CC)Nc1ccc2cc([N+](=O)[O-])ccc2n1. The second-order valence-corrected chi connectivity index (χ2v) is 4.49. The van der Waals surface area contributed by atoms with Crippen molar-refractivity contribution in [3.8, 4) is 0 Å². The molecule has 1 heterocycles.